The van der Waals surface area contributed by atoms with Crippen LogP contribution in [0.4, 0.5) is 4.39 Å². The molecule has 0 radical (unpaired) electrons. The highest BCUT2D eigenvalue weighted by atomic mass is 32.1. The van der Waals surface area contributed by atoms with E-state index in [4.69, 9.17) is 9.47 Å². The van der Waals surface area contributed by atoms with E-state index in [2.05, 4.69) is 0 Å². The van der Waals surface area contributed by atoms with E-state index in [0.717, 1.165) is 16.0 Å². The summed E-state index contributed by atoms with van der Waals surface area (Å²) >= 11 is 1.35. The zero-order valence-corrected chi connectivity index (χ0v) is 18.7. The van der Waals surface area contributed by atoms with E-state index in [-0.39, 0.29) is 24.6 Å². The number of hydrogen-bond donors (Lipinski definition) is 2. The Bertz CT molecular complexity index is 1110. The first kappa shape index (κ1) is 22.8. The van der Waals surface area contributed by atoms with Crippen LogP contribution in [0, 0.1) is 12.7 Å². The minimum Gasteiger partial charge on any atom is -0.394 e. The highest BCUT2D eigenvalue weighted by molar-refractivity contribution is 7.17. The number of carbonyl (C=O) groups is 1. The molecule has 1 aromatic heterocycles. The average molecular weight is 457 g/mol. The minimum atomic E-state index is -1.25. The summed E-state index contributed by atoms with van der Waals surface area (Å²) in [6.45, 7) is 1.62. The molecule has 2 aromatic carbocycles. The summed E-state index contributed by atoms with van der Waals surface area (Å²) in [4.78, 5) is 14.8. The number of ether oxygens (including phenoxy) is 2. The van der Waals surface area contributed by atoms with Crippen LogP contribution in [0.5, 0.6) is 0 Å². The molecule has 4 rings (SSSR count). The number of ketones is 1. The van der Waals surface area contributed by atoms with Crippen molar-refractivity contribution in [2.45, 2.75) is 37.8 Å². The number of thiophene rings is 1. The van der Waals surface area contributed by atoms with Crippen LogP contribution in [0.3, 0.4) is 0 Å². The predicted molar refractivity (Wildman–Crippen MR) is 120 cm³/mol. The van der Waals surface area contributed by atoms with Gasteiger partial charge in [-0.3, -0.25) is 4.79 Å². The van der Waals surface area contributed by atoms with Crippen molar-refractivity contribution in [1.29, 1.82) is 0 Å². The molecule has 5 nitrogen and oxygen atoms in total. The first-order valence-corrected chi connectivity index (χ1v) is 11.2. The molecule has 1 fully saturated rings. The second-order valence-corrected chi connectivity index (χ2v) is 9.09. The molecule has 168 valence electrons. The molecule has 7 heteroatoms. The monoisotopic (exact) mass is 456 g/mol. The Balaban J connectivity index is 1.67. The lowest BCUT2D eigenvalue weighted by Crippen LogP contribution is -2.46. The topological polar surface area (TPSA) is 76.0 Å². The Morgan fingerprint density at radius 1 is 1.22 bits per heavy atom. The van der Waals surface area contributed by atoms with Gasteiger partial charge in [0.15, 0.2) is 5.79 Å². The molecule has 1 saturated heterocycles. The Labute approximate surface area is 190 Å². The first-order chi connectivity index (χ1) is 15.3. The summed E-state index contributed by atoms with van der Waals surface area (Å²) in [7, 11) is 1.49. The molecule has 2 heterocycles. The molecule has 2 N–H and O–H groups in total. The fraction of sp³-hybridized carbons (Fsp3) is 0.320. The largest absolute Gasteiger partial charge is 0.394 e. The first-order valence-electron chi connectivity index (χ1n) is 10.4. The molecule has 1 aliphatic rings. The van der Waals surface area contributed by atoms with Gasteiger partial charge in [0.1, 0.15) is 5.82 Å². The van der Waals surface area contributed by atoms with Crippen molar-refractivity contribution in [3.05, 3.63) is 82.0 Å². The molecule has 1 aliphatic heterocycles. The molecule has 3 atom stereocenters. The second kappa shape index (κ2) is 9.21. The van der Waals surface area contributed by atoms with Gasteiger partial charge < -0.3 is 19.7 Å². The van der Waals surface area contributed by atoms with Crippen LogP contribution in [0.1, 0.15) is 39.2 Å². The lowest BCUT2D eigenvalue weighted by Gasteiger charge is -2.42. The van der Waals surface area contributed by atoms with E-state index < -0.39 is 18.0 Å². The molecular formula is C25H25FO5S. The summed E-state index contributed by atoms with van der Waals surface area (Å²) in [6.07, 6.45) is -0.739. The van der Waals surface area contributed by atoms with Gasteiger partial charge >= 0.3 is 0 Å². The molecule has 0 saturated carbocycles. The van der Waals surface area contributed by atoms with Crippen LogP contribution in [-0.2, 0) is 15.3 Å². The van der Waals surface area contributed by atoms with Crippen molar-refractivity contribution < 1.29 is 28.9 Å². The third-order valence-corrected chi connectivity index (χ3v) is 6.94. The van der Waals surface area contributed by atoms with Crippen LogP contribution < -0.4 is 0 Å². The third kappa shape index (κ3) is 4.40. The summed E-state index contributed by atoms with van der Waals surface area (Å²) in [6, 6.07) is 15.2. The average Bonchev–Trinajstić information content (AvgIpc) is 3.29. The van der Waals surface area contributed by atoms with Gasteiger partial charge in [0, 0.05) is 36.0 Å². The van der Waals surface area contributed by atoms with Crippen molar-refractivity contribution >= 4 is 17.1 Å². The van der Waals surface area contributed by atoms with Crippen molar-refractivity contribution in [2.75, 3.05) is 13.7 Å². The van der Waals surface area contributed by atoms with E-state index in [1.807, 2.05) is 25.1 Å². The van der Waals surface area contributed by atoms with Crippen LogP contribution in [0.2, 0.25) is 0 Å². The van der Waals surface area contributed by atoms with Gasteiger partial charge in [-0.15, -0.1) is 11.3 Å². The SMILES string of the molecule is COC1(c2ccc(C)c(C(=O)c3ccc(-c4ccc(F)cc4)s3)c2)CC(O)CC(CO)O1. The lowest BCUT2D eigenvalue weighted by atomic mass is 9.90. The number of hydrogen-bond acceptors (Lipinski definition) is 6. The van der Waals surface area contributed by atoms with Crippen LogP contribution in [0.15, 0.2) is 54.6 Å². The van der Waals surface area contributed by atoms with Crippen LogP contribution >= 0.6 is 11.3 Å². The molecule has 0 aliphatic carbocycles. The van der Waals surface area contributed by atoms with Gasteiger partial charge in [-0.05, 0) is 48.4 Å². The maximum Gasteiger partial charge on any atom is 0.203 e. The number of aryl methyl sites for hydroxylation is 1. The Kier molecular flexibility index (Phi) is 6.55. The summed E-state index contributed by atoms with van der Waals surface area (Å²) < 4.78 is 24.9. The van der Waals surface area contributed by atoms with Gasteiger partial charge in [0.2, 0.25) is 5.78 Å². The Morgan fingerprint density at radius 3 is 2.66 bits per heavy atom. The van der Waals surface area contributed by atoms with Crippen LogP contribution in [-0.4, -0.2) is 41.9 Å². The smallest absolute Gasteiger partial charge is 0.203 e. The minimum absolute atomic E-state index is 0.135. The third-order valence-electron chi connectivity index (χ3n) is 5.81. The summed E-state index contributed by atoms with van der Waals surface area (Å²) in [5, 5.41) is 19.9. The molecule has 3 aromatic rings. The highest BCUT2D eigenvalue weighted by Gasteiger charge is 2.43. The second-order valence-electron chi connectivity index (χ2n) is 8.00. The van der Waals surface area contributed by atoms with Gasteiger partial charge in [-0.2, -0.15) is 0 Å². The number of aliphatic hydroxyl groups is 2. The molecular weight excluding hydrogens is 431 g/mol. The number of methoxy groups -OCH3 is 1. The Hall–Kier alpha value is -2.42. The molecule has 0 bridgehead atoms. The molecule has 0 spiro atoms. The number of benzene rings is 2. The Morgan fingerprint density at radius 2 is 1.97 bits per heavy atom. The molecule has 32 heavy (non-hydrogen) atoms. The van der Waals surface area contributed by atoms with E-state index in [1.165, 1.54) is 30.6 Å². The number of carbonyl (C=O) groups excluding carboxylic acids is 1. The fourth-order valence-electron chi connectivity index (χ4n) is 4.07. The van der Waals surface area contributed by atoms with E-state index in [1.54, 1.807) is 24.3 Å². The maximum atomic E-state index is 13.4. The van der Waals surface area contributed by atoms with Crippen molar-refractivity contribution in [1.82, 2.24) is 0 Å². The van der Waals surface area contributed by atoms with E-state index in [9.17, 15) is 19.4 Å². The van der Waals surface area contributed by atoms with Gasteiger partial charge in [-0.25, -0.2) is 4.39 Å². The number of aliphatic hydroxyl groups excluding tert-OH is 2. The van der Waals surface area contributed by atoms with Crippen molar-refractivity contribution in [3.63, 3.8) is 0 Å². The molecule has 0 amide bonds. The van der Waals surface area contributed by atoms with Crippen LogP contribution in [0.25, 0.3) is 10.4 Å². The number of rotatable bonds is 6. The number of halogens is 1. The highest BCUT2D eigenvalue weighted by Crippen LogP contribution is 2.40. The maximum absolute atomic E-state index is 13.4. The molecule has 3 unspecified atom stereocenters. The summed E-state index contributed by atoms with van der Waals surface area (Å²) in [5.74, 6) is -1.69. The fourth-order valence-corrected chi connectivity index (χ4v) is 5.04. The van der Waals surface area contributed by atoms with Crippen molar-refractivity contribution in [3.8, 4) is 10.4 Å². The van der Waals surface area contributed by atoms with E-state index in [0.29, 0.717) is 22.4 Å². The van der Waals surface area contributed by atoms with E-state index >= 15 is 0 Å². The summed E-state index contributed by atoms with van der Waals surface area (Å²) in [5.41, 5.74) is 2.77. The van der Waals surface area contributed by atoms with Gasteiger partial charge in [0.25, 0.3) is 0 Å². The zero-order valence-electron chi connectivity index (χ0n) is 17.9. The lowest BCUT2D eigenvalue weighted by molar-refractivity contribution is -0.298. The zero-order chi connectivity index (χ0) is 22.9. The quantitative estimate of drug-likeness (QED) is 0.537. The van der Waals surface area contributed by atoms with Gasteiger partial charge in [-0.1, -0.05) is 24.3 Å². The van der Waals surface area contributed by atoms with Crippen molar-refractivity contribution in [2.24, 2.45) is 0 Å². The standard InChI is InChI=1S/C25H25FO5S/c1-15-3-6-17(25(30-2)13-19(28)12-20(14-27)31-25)11-21(15)24(29)23-10-9-22(32-23)16-4-7-18(26)8-5-16/h3-11,19-20,27-28H,12-14H2,1-2H3. The normalized spacial score (nSPS) is 23.3. The van der Waals surface area contributed by atoms with Gasteiger partial charge in [0.05, 0.1) is 23.7 Å². The predicted octanol–water partition coefficient (Wildman–Crippen LogP) is 4.43.